The summed E-state index contributed by atoms with van der Waals surface area (Å²) in [6, 6.07) is 16.1. The lowest BCUT2D eigenvalue weighted by Gasteiger charge is -2.32. The molecule has 1 amide bonds. The minimum absolute atomic E-state index is 0.0249. The van der Waals surface area contributed by atoms with E-state index in [4.69, 9.17) is 5.26 Å². The highest BCUT2D eigenvalue weighted by Crippen LogP contribution is 2.22. The van der Waals surface area contributed by atoms with Crippen molar-refractivity contribution in [1.29, 1.82) is 5.26 Å². The van der Waals surface area contributed by atoms with Gasteiger partial charge in [0.15, 0.2) is 0 Å². The van der Waals surface area contributed by atoms with E-state index in [9.17, 15) is 4.79 Å². The summed E-state index contributed by atoms with van der Waals surface area (Å²) in [5.41, 5.74) is 4.84. The predicted octanol–water partition coefficient (Wildman–Crippen LogP) is 4.74. The third kappa shape index (κ3) is 4.64. The number of fused-ring (bicyclic) bond motifs is 2. The molecule has 1 aliphatic rings. The number of benzene rings is 2. The number of aryl methyl sites for hydroxylation is 1. The Morgan fingerprint density at radius 1 is 1.06 bits per heavy atom. The van der Waals surface area contributed by atoms with Crippen molar-refractivity contribution in [2.45, 2.75) is 38.1 Å². The number of likely N-dealkylation sites (tertiary alicyclic amines) is 1. The van der Waals surface area contributed by atoms with E-state index in [0.717, 1.165) is 73.7 Å². The first-order valence-electron chi connectivity index (χ1n) is 11.8. The number of hydrogen-bond donors (Lipinski definition) is 3. The second-order valence-corrected chi connectivity index (χ2v) is 8.98. The van der Waals surface area contributed by atoms with Crippen molar-refractivity contribution < 1.29 is 4.79 Å². The van der Waals surface area contributed by atoms with Crippen LogP contribution in [0, 0.1) is 11.3 Å². The molecule has 0 saturated carbocycles. The molecule has 1 aliphatic heterocycles. The van der Waals surface area contributed by atoms with Gasteiger partial charge in [-0.05, 0) is 80.6 Å². The number of nitrogens with zero attached hydrogens (tertiary/aromatic N) is 2. The second kappa shape index (κ2) is 9.51. The fraction of sp³-hybridized carbons (Fsp3) is 0.333. The minimum Gasteiger partial charge on any atom is -0.361 e. The number of aromatic nitrogens is 2. The number of carbonyl (C=O) groups excluding carboxylic acids is 1. The number of rotatable bonds is 7. The number of piperidine rings is 1. The van der Waals surface area contributed by atoms with Crippen LogP contribution in [0.5, 0.6) is 0 Å². The second-order valence-electron chi connectivity index (χ2n) is 8.98. The van der Waals surface area contributed by atoms with Crippen molar-refractivity contribution in [3.05, 3.63) is 71.5 Å². The van der Waals surface area contributed by atoms with E-state index in [0.29, 0.717) is 5.56 Å². The third-order valence-corrected chi connectivity index (χ3v) is 6.83. The molecule has 3 heterocycles. The van der Waals surface area contributed by atoms with Crippen LogP contribution in [0.1, 0.15) is 47.2 Å². The van der Waals surface area contributed by atoms with Crippen molar-refractivity contribution in [2.24, 2.45) is 0 Å². The van der Waals surface area contributed by atoms with Crippen LogP contribution in [0.25, 0.3) is 21.8 Å². The number of H-pyrrole nitrogens is 2. The molecule has 168 valence electrons. The van der Waals surface area contributed by atoms with E-state index < -0.39 is 0 Å². The van der Waals surface area contributed by atoms with E-state index in [2.05, 4.69) is 32.5 Å². The molecule has 1 saturated heterocycles. The Kier molecular flexibility index (Phi) is 6.14. The topological polar surface area (TPSA) is 87.7 Å². The molecule has 1 fully saturated rings. The number of nitriles is 1. The lowest BCUT2D eigenvalue weighted by Crippen LogP contribution is -2.44. The predicted molar refractivity (Wildman–Crippen MR) is 131 cm³/mol. The first-order chi connectivity index (χ1) is 16.2. The zero-order chi connectivity index (χ0) is 22.6. The molecule has 3 N–H and O–H groups in total. The Labute approximate surface area is 193 Å². The SMILES string of the molecule is N#Cc1ccc2[nH]cc(CCCCN3CCC(NC(=O)c4cccc5[nH]ccc45)CC3)c2c1. The van der Waals surface area contributed by atoms with Gasteiger partial charge in [-0.1, -0.05) is 6.07 Å². The monoisotopic (exact) mass is 439 g/mol. The molecule has 6 heteroatoms. The molecule has 2 aromatic carbocycles. The van der Waals surface area contributed by atoms with E-state index in [1.807, 2.05) is 48.7 Å². The van der Waals surface area contributed by atoms with Gasteiger partial charge in [0.25, 0.3) is 5.91 Å². The quantitative estimate of drug-likeness (QED) is 0.364. The van der Waals surface area contributed by atoms with Gasteiger partial charge in [-0.25, -0.2) is 0 Å². The summed E-state index contributed by atoms with van der Waals surface area (Å²) in [6.45, 7) is 3.14. The molecule has 4 aromatic rings. The fourth-order valence-electron chi connectivity index (χ4n) is 4.95. The standard InChI is InChI=1S/C27H29N5O/c28-17-19-7-8-26-24(16-19)20(18-30-26)4-1-2-13-32-14-10-21(11-15-32)31-27(33)23-5-3-6-25-22(23)9-12-29-25/h3,5-9,12,16,18,21,29-30H,1-2,4,10-11,13-15H2,(H,31,33). The van der Waals surface area contributed by atoms with Gasteiger partial charge in [-0.3, -0.25) is 4.79 Å². The molecule has 0 radical (unpaired) electrons. The summed E-state index contributed by atoms with van der Waals surface area (Å²) < 4.78 is 0. The summed E-state index contributed by atoms with van der Waals surface area (Å²) in [7, 11) is 0. The molecule has 2 aromatic heterocycles. The number of unbranched alkanes of at least 4 members (excludes halogenated alkanes) is 1. The van der Waals surface area contributed by atoms with Crippen molar-refractivity contribution in [2.75, 3.05) is 19.6 Å². The third-order valence-electron chi connectivity index (χ3n) is 6.83. The van der Waals surface area contributed by atoms with Crippen LogP contribution in [0.3, 0.4) is 0 Å². The molecule has 0 bridgehead atoms. The maximum atomic E-state index is 12.8. The average molecular weight is 440 g/mol. The van der Waals surface area contributed by atoms with Crippen LogP contribution in [0.15, 0.2) is 54.9 Å². The highest BCUT2D eigenvalue weighted by atomic mass is 16.1. The molecule has 0 aliphatic carbocycles. The minimum atomic E-state index is 0.0249. The van der Waals surface area contributed by atoms with Crippen molar-refractivity contribution in [1.82, 2.24) is 20.2 Å². The molecule has 0 atom stereocenters. The Balaban J connectivity index is 1.06. The molecule has 0 unspecified atom stereocenters. The summed E-state index contributed by atoms with van der Waals surface area (Å²) in [4.78, 5) is 21.8. The number of carbonyl (C=O) groups is 1. The van der Waals surface area contributed by atoms with Gasteiger partial charge in [0.05, 0.1) is 11.6 Å². The Hall–Kier alpha value is -3.56. The summed E-state index contributed by atoms with van der Waals surface area (Å²) >= 11 is 0. The molecule has 0 spiro atoms. The van der Waals surface area contributed by atoms with Gasteiger partial charge in [0.1, 0.15) is 0 Å². The van der Waals surface area contributed by atoms with Gasteiger partial charge >= 0.3 is 0 Å². The van der Waals surface area contributed by atoms with Gasteiger partial charge < -0.3 is 20.2 Å². The van der Waals surface area contributed by atoms with Gasteiger partial charge in [-0.2, -0.15) is 5.26 Å². The zero-order valence-corrected chi connectivity index (χ0v) is 18.7. The van der Waals surface area contributed by atoms with E-state index in [-0.39, 0.29) is 11.9 Å². The van der Waals surface area contributed by atoms with Crippen LogP contribution in [-0.4, -0.2) is 46.5 Å². The Morgan fingerprint density at radius 3 is 2.76 bits per heavy atom. The zero-order valence-electron chi connectivity index (χ0n) is 18.7. The average Bonchev–Trinajstić information content (AvgIpc) is 3.49. The van der Waals surface area contributed by atoms with Crippen molar-refractivity contribution in [3.63, 3.8) is 0 Å². The van der Waals surface area contributed by atoms with Crippen LogP contribution in [0.4, 0.5) is 0 Å². The highest BCUT2D eigenvalue weighted by molar-refractivity contribution is 6.06. The maximum Gasteiger partial charge on any atom is 0.252 e. The fourth-order valence-corrected chi connectivity index (χ4v) is 4.95. The van der Waals surface area contributed by atoms with Crippen LogP contribution < -0.4 is 5.32 Å². The van der Waals surface area contributed by atoms with Crippen molar-refractivity contribution >= 4 is 27.7 Å². The first-order valence-corrected chi connectivity index (χ1v) is 11.8. The number of nitrogens with one attached hydrogen (secondary N) is 3. The molecular formula is C27H29N5O. The van der Waals surface area contributed by atoms with Gasteiger partial charge in [0, 0.05) is 58.9 Å². The largest absolute Gasteiger partial charge is 0.361 e. The summed E-state index contributed by atoms with van der Waals surface area (Å²) in [6.07, 6.45) is 9.24. The van der Waals surface area contributed by atoms with Gasteiger partial charge in [-0.15, -0.1) is 0 Å². The number of hydrogen-bond acceptors (Lipinski definition) is 3. The van der Waals surface area contributed by atoms with E-state index in [1.165, 1.54) is 10.9 Å². The van der Waals surface area contributed by atoms with Crippen LogP contribution in [-0.2, 0) is 6.42 Å². The lowest BCUT2D eigenvalue weighted by molar-refractivity contribution is 0.0912. The van der Waals surface area contributed by atoms with E-state index in [1.54, 1.807) is 0 Å². The van der Waals surface area contributed by atoms with Crippen molar-refractivity contribution in [3.8, 4) is 6.07 Å². The maximum absolute atomic E-state index is 12.8. The number of amides is 1. The Morgan fingerprint density at radius 2 is 1.91 bits per heavy atom. The lowest BCUT2D eigenvalue weighted by atomic mass is 10.0. The molecule has 5 rings (SSSR count). The smallest absolute Gasteiger partial charge is 0.252 e. The highest BCUT2D eigenvalue weighted by Gasteiger charge is 2.21. The summed E-state index contributed by atoms with van der Waals surface area (Å²) in [5.74, 6) is 0.0249. The number of aromatic amines is 2. The van der Waals surface area contributed by atoms with Crippen LogP contribution >= 0.6 is 0 Å². The molecule has 33 heavy (non-hydrogen) atoms. The van der Waals surface area contributed by atoms with E-state index >= 15 is 0 Å². The molecule has 6 nitrogen and oxygen atoms in total. The Bertz CT molecular complexity index is 1300. The molecular weight excluding hydrogens is 410 g/mol. The van der Waals surface area contributed by atoms with Gasteiger partial charge in [0.2, 0.25) is 0 Å². The van der Waals surface area contributed by atoms with Crippen LogP contribution in [0.2, 0.25) is 0 Å². The normalized spacial score (nSPS) is 15.1. The summed E-state index contributed by atoms with van der Waals surface area (Å²) in [5, 5.41) is 14.5. The first kappa shape index (κ1) is 21.3.